The lowest BCUT2D eigenvalue weighted by Gasteiger charge is -2.18. The fraction of sp³-hybridized carbons (Fsp3) is 0.500. The maximum absolute atomic E-state index is 12.0. The van der Waals surface area contributed by atoms with Gasteiger partial charge < -0.3 is 15.2 Å². The quantitative estimate of drug-likeness (QED) is 0.758. The monoisotopic (exact) mass is 347 g/mol. The number of carboxylic acid groups (broad SMARTS) is 1. The summed E-state index contributed by atoms with van der Waals surface area (Å²) in [5.74, 6) is -1.49. The highest BCUT2D eigenvalue weighted by molar-refractivity contribution is 5.76. The summed E-state index contributed by atoms with van der Waals surface area (Å²) in [6.45, 7) is 3.40. The normalized spacial score (nSPS) is 11.9. The van der Waals surface area contributed by atoms with Gasteiger partial charge in [-0.15, -0.1) is 13.2 Å². The Morgan fingerprint density at radius 1 is 1.17 bits per heavy atom. The third-order valence-electron chi connectivity index (χ3n) is 3.45. The number of nitrogens with one attached hydrogen (secondary N) is 1. The molecule has 24 heavy (non-hydrogen) atoms. The van der Waals surface area contributed by atoms with Crippen molar-refractivity contribution in [2.24, 2.45) is 5.41 Å². The van der Waals surface area contributed by atoms with Gasteiger partial charge in [-0.05, 0) is 44.4 Å². The number of hydrogen-bond acceptors (Lipinski definition) is 3. The van der Waals surface area contributed by atoms with Crippen LogP contribution >= 0.6 is 0 Å². The van der Waals surface area contributed by atoms with Gasteiger partial charge in [0.1, 0.15) is 5.75 Å². The summed E-state index contributed by atoms with van der Waals surface area (Å²) in [6, 6.07) is 5.30. The van der Waals surface area contributed by atoms with Crippen molar-refractivity contribution in [1.29, 1.82) is 0 Å². The van der Waals surface area contributed by atoms with E-state index in [0.29, 0.717) is 18.4 Å². The molecule has 5 nitrogen and oxygen atoms in total. The first kappa shape index (κ1) is 19.8. The lowest BCUT2D eigenvalue weighted by Crippen LogP contribution is -2.32. The molecule has 1 aromatic carbocycles. The molecule has 0 heterocycles. The first-order chi connectivity index (χ1) is 11.0. The van der Waals surface area contributed by atoms with Crippen molar-refractivity contribution in [3.05, 3.63) is 29.8 Å². The van der Waals surface area contributed by atoms with Crippen LogP contribution < -0.4 is 10.1 Å². The number of hydrogen-bond donors (Lipinski definition) is 2. The molecule has 0 fully saturated rings. The SMILES string of the molecule is CC(C)(CCNC(=O)CCc1ccc(OC(F)(F)F)cc1)C(=O)O. The van der Waals surface area contributed by atoms with E-state index in [0.717, 1.165) is 0 Å². The van der Waals surface area contributed by atoms with Gasteiger partial charge in [-0.2, -0.15) is 0 Å². The molecule has 1 amide bonds. The van der Waals surface area contributed by atoms with Crippen LogP contribution in [-0.2, 0) is 16.0 Å². The Morgan fingerprint density at radius 2 is 1.75 bits per heavy atom. The summed E-state index contributed by atoms with van der Waals surface area (Å²) in [7, 11) is 0. The first-order valence-electron chi connectivity index (χ1n) is 7.34. The van der Waals surface area contributed by atoms with Crippen molar-refractivity contribution in [1.82, 2.24) is 5.32 Å². The molecule has 0 bridgehead atoms. The fourth-order valence-electron chi connectivity index (χ4n) is 1.83. The Kier molecular flexibility index (Phi) is 6.62. The summed E-state index contributed by atoms with van der Waals surface area (Å²) >= 11 is 0. The molecule has 1 aromatic rings. The summed E-state index contributed by atoms with van der Waals surface area (Å²) in [4.78, 5) is 22.6. The second kappa shape index (κ2) is 8.03. The van der Waals surface area contributed by atoms with E-state index in [4.69, 9.17) is 5.11 Å². The molecule has 134 valence electrons. The molecule has 8 heteroatoms. The molecule has 2 N–H and O–H groups in total. The maximum Gasteiger partial charge on any atom is 0.573 e. The molecule has 0 aliphatic carbocycles. The van der Waals surface area contributed by atoms with Crippen molar-refractivity contribution in [3.8, 4) is 5.75 Å². The van der Waals surface area contributed by atoms with Crippen LogP contribution in [0, 0.1) is 5.41 Å². The molecule has 0 radical (unpaired) electrons. The number of carbonyl (C=O) groups is 2. The van der Waals surface area contributed by atoms with Crippen LogP contribution in [0.25, 0.3) is 0 Å². The maximum atomic E-state index is 12.0. The lowest BCUT2D eigenvalue weighted by atomic mass is 9.90. The number of rotatable bonds is 8. The Labute approximate surface area is 137 Å². The molecule has 0 unspecified atom stereocenters. The topological polar surface area (TPSA) is 75.6 Å². The minimum absolute atomic E-state index is 0.160. The van der Waals surface area contributed by atoms with Gasteiger partial charge in [0.05, 0.1) is 5.41 Å². The van der Waals surface area contributed by atoms with E-state index in [2.05, 4.69) is 10.1 Å². The van der Waals surface area contributed by atoms with E-state index in [1.165, 1.54) is 24.3 Å². The third-order valence-corrected chi connectivity index (χ3v) is 3.45. The van der Waals surface area contributed by atoms with Crippen molar-refractivity contribution in [2.75, 3.05) is 6.54 Å². The van der Waals surface area contributed by atoms with Crippen molar-refractivity contribution < 1.29 is 32.6 Å². The summed E-state index contributed by atoms with van der Waals surface area (Å²) in [6.07, 6.45) is -3.91. The molecular weight excluding hydrogens is 327 g/mol. The number of amides is 1. The second-order valence-corrected chi connectivity index (χ2v) is 5.98. The average molecular weight is 347 g/mol. The van der Waals surface area contributed by atoms with Crippen LogP contribution in [0.15, 0.2) is 24.3 Å². The Bertz CT molecular complexity index is 568. The zero-order valence-corrected chi connectivity index (χ0v) is 13.4. The number of aliphatic carboxylic acids is 1. The Hall–Kier alpha value is -2.25. The van der Waals surface area contributed by atoms with E-state index in [9.17, 15) is 22.8 Å². The molecule has 0 atom stereocenters. The summed E-state index contributed by atoms with van der Waals surface area (Å²) in [5.41, 5.74) is -0.216. The minimum atomic E-state index is -4.73. The molecule has 0 aromatic heterocycles. The lowest BCUT2D eigenvalue weighted by molar-refractivity contribution is -0.274. The smallest absolute Gasteiger partial charge is 0.481 e. The predicted molar refractivity (Wildman–Crippen MR) is 80.5 cm³/mol. The molecule has 0 saturated carbocycles. The van der Waals surface area contributed by atoms with Crippen molar-refractivity contribution >= 4 is 11.9 Å². The number of ether oxygens (including phenoxy) is 1. The zero-order valence-electron chi connectivity index (χ0n) is 13.4. The van der Waals surface area contributed by atoms with Crippen molar-refractivity contribution in [2.45, 2.75) is 39.5 Å². The van der Waals surface area contributed by atoms with Crippen LogP contribution in [0.1, 0.15) is 32.3 Å². The van der Waals surface area contributed by atoms with E-state index < -0.39 is 17.7 Å². The summed E-state index contributed by atoms with van der Waals surface area (Å²) in [5, 5.41) is 11.6. The largest absolute Gasteiger partial charge is 0.573 e. The van der Waals surface area contributed by atoms with Crippen LogP contribution in [0.4, 0.5) is 13.2 Å². The van der Waals surface area contributed by atoms with E-state index >= 15 is 0 Å². The number of halogens is 3. The number of benzene rings is 1. The average Bonchev–Trinajstić information content (AvgIpc) is 2.44. The number of carbonyl (C=O) groups excluding carboxylic acids is 1. The van der Waals surface area contributed by atoms with Crippen LogP contribution in [0.2, 0.25) is 0 Å². The summed E-state index contributed by atoms with van der Waals surface area (Å²) < 4.78 is 39.9. The van der Waals surface area contributed by atoms with Gasteiger partial charge in [0.25, 0.3) is 0 Å². The highest BCUT2D eigenvalue weighted by Crippen LogP contribution is 2.23. The minimum Gasteiger partial charge on any atom is -0.481 e. The van der Waals surface area contributed by atoms with Gasteiger partial charge in [-0.3, -0.25) is 9.59 Å². The number of aryl methyl sites for hydroxylation is 1. The standard InChI is InChI=1S/C16H20F3NO4/c1-15(2,14(22)23)9-10-20-13(21)8-5-11-3-6-12(7-4-11)24-16(17,18)19/h3-4,6-7H,5,8-10H2,1-2H3,(H,20,21)(H,22,23). The van der Waals surface area contributed by atoms with Crippen LogP contribution in [-0.4, -0.2) is 29.9 Å². The Balaban J connectivity index is 2.36. The third kappa shape index (κ3) is 7.34. The number of alkyl halides is 3. The van der Waals surface area contributed by atoms with E-state index in [1.54, 1.807) is 13.8 Å². The predicted octanol–water partition coefficient (Wildman–Crippen LogP) is 3.13. The Morgan fingerprint density at radius 3 is 2.25 bits per heavy atom. The van der Waals surface area contributed by atoms with Gasteiger partial charge in [-0.1, -0.05) is 12.1 Å². The van der Waals surface area contributed by atoms with Gasteiger partial charge in [0.15, 0.2) is 0 Å². The molecule has 0 aliphatic rings. The molecular formula is C16H20F3NO4. The van der Waals surface area contributed by atoms with Gasteiger partial charge in [0.2, 0.25) is 5.91 Å². The second-order valence-electron chi connectivity index (χ2n) is 5.98. The van der Waals surface area contributed by atoms with Gasteiger partial charge >= 0.3 is 12.3 Å². The highest BCUT2D eigenvalue weighted by Gasteiger charge is 2.31. The molecule has 0 saturated heterocycles. The van der Waals surface area contributed by atoms with Crippen molar-refractivity contribution in [3.63, 3.8) is 0 Å². The fourth-order valence-corrected chi connectivity index (χ4v) is 1.83. The molecule has 0 spiro atoms. The van der Waals surface area contributed by atoms with Crippen LogP contribution in [0.5, 0.6) is 5.75 Å². The van der Waals surface area contributed by atoms with Gasteiger partial charge in [-0.25, -0.2) is 0 Å². The molecule has 1 rings (SSSR count). The van der Waals surface area contributed by atoms with Crippen LogP contribution in [0.3, 0.4) is 0 Å². The molecule has 0 aliphatic heterocycles. The van der Waals surface area contributed by atoms with E-state index in [1.807, 2.05) is 0 Å². The first-order valence-corrected chi connectivity index (χ1v) is 7.34. The zero-order chi connectivity index (χ0) is 18.4. The highest BCUT2D eigenvalue weighted by atomic mass is 19.4. The number of carboxylic acids is 1. The van der Waals surface area contributed by atoms with E-state index in [-0.39, 0.29) is 24.6 Å². The van der Waals surface area contributed by atoms with Gasteiger partial charge in [0, 0.05) is 13.0 Å².